The molecule has 0 saturated heterocycles. The molecule has 294 valence electrons. The summed E-state index contributed by atoms with van der Waals surface area (Å²) >= 11 is 0. The Hall–Kier alpha value is -8.20. The van der Waals surface area contributed by atoms with E-state index in [0.29, 0.717) is 0 Å². The topological polar surface area (TPSA) is 25.8 Å². The van der Waals surface area contributed by atoms with E-state index < -0.39 is 0 Å². The Bertz CT molecular complexity index is 3550. The SMILES string of the molecule is C1=CCc2c(c(-c3ccc(-c4nc5ccccc5nc4-c4ccc(-c5c6ccccc6c(-c6ccccc6)c6ccccc56)cc4)cc3)c3ccccc3c2-c2ccccc2)C=C1. The minimum atomic E-state index is 0.864. The third-order valence-electron chi connectivity index (χ3n) is 12.7. The summed E-state index contributed by atoms with van der Waals surface area (Å²) in [6.07, 6.45) is 9.78. The minimum absolute atomic E-state index is 0.864. The molecule has 10 aromatic carbocycles. The molecule has 0 amide bonds. The van der Waals surface area contributed by atoms with E-state index in [1.165, 1.54) is 88.0 Å². The molecular formula is C61H40N2. The van der Waals surface area contributed by atoms with Crippen molar-refractivity contribution in [3.05, 3.63) is 236 Å². The van der Waals surface area contributed by atoms with Gasteiger partial charge in [0.05, 0.1) is 22.4 Å². The second-order valence-electron chi connectivity index (χ2n) is 16.3. The summed E-state index contributed by atoms with van der Waals surface area (Å²) in [4.78, 5) is 10.6. The number of nitrogens with zero attached hydrogens (tertiary/aromatic N) is 2. The first-order chi connectivity index (χ1) is 31.3. The van der Waals surface area contributed by atoms with Crippen molar-refractivity contribution in [2.45, 2.75) is 6.42 Å². The molecule has 0 N–H and O–H groups in total. The lowest BCUT2D eigenvalue weighted by Gasteiger charge is -2.21. The van der Waals surface area contributed by atoms with Crippen molar-refractivity contribution in [3.63, 3.8) is 0 Å². The van der Waals surface area contributed by atoms with Gasteiger partial charge in [-0.2, -0.15) is 0 Å². The lowest BCUT2D eigenvalue weighted by molar-refractivity contribution is 1.28. The number of fused-ring (bicyclic) bond motifs is 5. The molecule has 2 nitrogen and oxygen atoms in total. The highest BCUT2D eigenvalue weighted by Gasteiger charge is 2.22. The van der Waals surface area contributed by atoms with E-state index in [0.717, 1.165) is 40.0 Å². The van der Waals surface area contributed by atoms with Gasteiger partial charge >= 0.3 is 0 Å². The van der Waals surface area contributed by atoms with Gasteiger partial charge in [-0.3, -0.25) is 0 Å². The number of hydrogen-bond acceptors (Lipinski definition) is 2. The molecule has 0 fully saturated rings. The smallest absolute Gasteiger partial charge is 0.0973 e. The second-order valence-corrected chi connectivity index (χ2v) is 16.3. The summed E-state index contributed by atoms with van der Waals surface area (Å²) in [5.74, 6) is 0. The molecule has 0 atom stereocenters. The average Bonchev–Trinajstić information content (AvgIpc) is 3.61. The van der Waals surface area contributed by atoms with Gasteiger partial charge in [0.2, 0.25) is 0 Å². The van der Waals surface area contributed by atoms with Crippen molar-refractivity contribution in [1.82, 2.24) is 9.97 Å². The molecule has 0 aliphatic heterocycles. The van der Waals surface area contributed by atoms with Crippen LogP contribution in [-0.4, -0.2) is 9.97 Å². The van der Waals surface area contributed by atoms with Crippen molar-refractivity contribution in [1.29, 1.82) is 0 Å². The number of para-hydroxylation sites is 2. The maximum absolute atomic E-state index is 5.32. The van der Waals surface area contributed by atoms with E-state index in [4.69, 9.17) is 9.97 Å². The molecule has 63 heavy (non-hydrogen) atoms. The van der Waals surface area contributed by atoms with E-state index in [1.807, 2.05) is 12.1 Å². The molecule has 0 bridgehead atoms. The molecule has 0 unspecified atom stereocenters. The summed E-state index contributed by atoms with van der Waals surface area (Å²) < 4.78 is 0. The van der Waals surface area contributed by atoms with Crippen molar-refractivity contribution in [2.24, 2.45) is 0 Å². The Labute approximate surface area is 366 Å². The molecule has 1 aliphatic carbocycles. The number of allylic oxidation sites excluding steroid dienone is 3. The first kappa shape index (κ1) is 36.6. The number of benzene rings is 10. The zero-order valence-corrected chi connectivity index (χ0v) is 34.5. The third kappa shape index (κ3) is 6.26. The summed E-state index contributed by atoms with van der Waals surface area (Å²) in [5, 5.41) is 7.48. The zero-order valence-electron chi connectivity index (χ0n) is 34.5. The molecule has 11 aromatic rings. The summed E-state index contributed by atoms with van der Waals surface area (Å²) in [6, 6.07) is 74.2. The van der Waals surface area contributed by atoms with Gasteiger partial charge in [0, 0.05) is 11.1 Å². The van der Waals surface area contributed by atoms with Crippen LogP contribution in [0.25, 0.3) is 116 Å². The summed E-state index contributed by atoms with van der Waals surface area (Å²) in [6.45, 7) is 0. The van der Waals surface area contributed by atoms with Crippen LogP contribution in [0, 0.1) is 0 Å². The van der Waals surface area contributed by atoms with Gasteiger partial charge in [-0.05, 0) is 107 Å². The van der Waals surface area contributed by atoms with E-state index in [-0.39, 0.29) is 0 Å². The fourth-order valence-corrected chi connectivity index (χ4v) is 9.92. The quantitative estimate of drug-likeness (QED) is 0.157. The number of aromatic nitrogens is 2. The molecule has 1 aliphatic rings. The second kappa shape index (κ2) is 15.4. The van der Waals surface area contributed by atoms with Crippen LogP contribution in [0.5, 0.6) is 0 Å². The predicted octanol–water partition coefficient (Wildman–Crippen LogP) is 16.2. The highest BCUT2D eigenvalue weighted by atomic mass is 14.8. The van der Waals surface area contributed by atoms with Crippen LogP contribution >= 0.6 is 0 Å². The van der Waals surface area contributed by atoms with Crippen LogP contribution in [0.3, 0.4) is 0 Å². The molecule has 0 spiro atoms. The fraction of sp³-hybridized carbons (Fsp3) is 0.0164. The molecule has 12 rings (SSSR count). The predicted molar refractivity (Wildman–Crippen MR) is 267 cm³/mol. The van der Waals surface area contributed by atoms with E-state index in [1.54, 1.807) is 0 Å². The van der Waals surface area contributed by atoms with Gasteiger partial charge in [0.25, 0.3) is 0 Å². The Balaban J connectivity index is 0.991. The largest absolute Gasteiger partial charge is 0.244 e. The van der Waals surface area contributed by atoms with Gasteiger partial charge in [0.15, 0.2) is 0 Å². The highest BCUT2D eigenvalue weighted by Crippen LogP contribution is 2.46. The van der Waals surface area contributed by atoms with E-state index in [9.17, 15) is 0 Å². The Morgan fingerprint density at radius 2 is 0.635 bits per heavy atom. The van der Waals surface area contributed by atoms with Crippen molar-refractivity contribution >= 4 is 49.4 Å². The molecule has 2 heteroatoms. The number of rotatable bonds is 6. The standard InChI is InChI=1S/C61H40N2/c1-4-18-40(19-5-1)56-46-22-8-3-9-23-47(46)58(51-27-13-10-24-48(51)56)42-32-36-44(37-33-42)60-61(63-55-31-17-16-30-54(55)62-60)45-38-34-43(35-39-45)59-52-28-14-11-25-49(52)57(41-20-6-2-7-21-41)50-26-12-15-29-53(50)59/h1-21,23-39H,22H2. The Kier molecular flexibility index (Phi) is 8.93. The van der Waals surface area contributed by atoms with Gasteiger partial charge in [-0.25, -0.2) is 9.97 Å². The fourth-order valence-electron chi connectivity index (χ4n) is 9.92. The summed E-state index contributed by atoms with van der Waals surface area (Å²) in [7, 11) is 0. The zero-order chi connectivity index (χ0) is 41.7. The normalized spacial score (nSPS) is 12.3. The van der Waals surface area contributed by atoms with Gasteiger partial charge in [-0.1, -0.05) is 218 Å². The molecule has 1 heterocycles. The van der Waals surface area contributed by atoms with Crippen LogP contribution in [0.2, 0.25) is 0 Å². The Morgan fingerprint density at radius 3 is 1.11 bits per heavy atom. The molecular weight excluding hydrogens is 761 g/mol. The first-order valence-electron chi connectivity index (χ1n) is 21.7. The average molecular weight is 801 g/mol. The van der Waals surface area contributed by atoms with Crippen LogP contribution in [0.15, 0.2) is 224 Å². The molecule has 1 aromatic heterocycles. The van der Waals surface area contributed by atoms with Gasteiger partial charge in [-0.15, -0.1) is 0 Å². The van der Waals surface area contributed by atoms with Crippen molar-refractivity contribution < 1.29 is 0 Å². The van der Waals surface area contributed by atoms with Crippen LogP contribution in [-0.2, 0) is 6.42 Å². The van der Waals surface area contributed by atoms with E-state index >= 15 is 0 Å². The van der Waals surface area contributed by atoms with Crippen LogP contribution < -0.4 is 0 Å². The van der Waals surface area contributed by atoms with Crippen molar-refractivity contribution in [3.8, 4) is 67.0 Å². The maximum Gasteiger partial charge on any atom is 0.0973 e. The minimum Gasteiger partial charge on any atom is -0.244 e. The van der Waals surface area contributed by atoms with E-state index in [2.05, 4.69) is 218 Å². The molecule has 0 saturated carbocycles. The number of hydrogen-bond donors (Lipinski definition) is 0. The third-order valence-corrected chi connectivity index (χ3v) is 12.7. The lowest BCUT2D eigenvalue weighted by atomic mass is 9.82. The molecule has 0 radical (unpaired) electrons. The first-order valence-corrected chi connectivity index (χ1v) is 21.7. The van der Waals surface area contributed by atoms with Crippen molar-refractivity contribution in [2.75, 3.05) is 0 Å². The van der Waals surface area contributed by atoms with Gasteiger partial charge in [0.1, 0.15) is 0 Å². The monoisotopic (exact) mass is 800 g/mol. The lowest BCUT2D eigenvalue weighted by Crippen LogP contribution is -1.99. The maximum atomic E-state index is 5.32. The van der Waals surface area contributed by atoms with Crippen LogP contribution in [0.4, 0.5) is 0 Å². The van der Waals surface area contributed by atoms with Crippen LogP contribution in [0.1, 0.15) is 11.1 Å². The van der Waals surface area contributed by atoms with Gasteiger partial charge < -0.3 is 0 Å². The Morgan fingerprint density at radius 1 is 0.286 bits per heavy atom. The summed E-state index contributed by atoms with van der Waals surface area (Å²) in [5.41, 5.74) is 18.0. The highest BCUT2D eigenvalue weighted by molar-refractivity contribution is 6.21.